The topological polar surface area (TPSA) is 59.8 Å². The van der Waals surface area contributed by atoms with Gasteiger partial charge in [-0.2, -0.15) is 0 Å². The van der Waals surface area contributed by atoms with Gasteiger partial charge in [0.15, 0.2) is 0 Å². The first-order valence-electron chi connectivity index (χ1n) is 8.62. The van der Waals surface area contributed by atoms with Gasteiger partial charge in [0.05, 0.1) is 16.7 Å². The van der Waals surface area contributed by atoms with E-state index < -0.39 is 11.5 Å². The first-order valence-corrected chi connectivity index (χ1v) is 8.62. The lowest BCUT2D eigenvalue weighted by atomic mass is 10.1. The summed E-state index contributed by atoms with van der Waals surface area (Å²) in [5.41, 5.74) is 2.83. The maximum Gasteiger partial charge on any atom is 0.331 e. The average Bonchev–Trinajstić information content (AvgIpc) is 3.20. The number of fused-ring (bicyclic) bond motifs is 3. The van der Waals surface area contributed by atoms with Gasteiger partial charge in [0.1, 0.15) is 5.82 Å². The number of aryl methyl sites for hydroxylation is 3. The summed E-state index contributed by atoms with van der Waals surface area (Å²) in [4.78, 5) is 27.8. The molecular formula is C19H22FN3O2. The van der Waals surface area contributed by atoms with Gasteiger partial charge in [-0.1, -0.05) is 19.9 Å². The van der Waals surface area contributed by atoms with Crippen LogP contribution in [0.1, 0.15) is 37.1 Å². The molecule has 0 bridgehead atoms. The highest BCUT2D eigenvalue weighted by Crippen LogP contribution is 2.25. The van der Waals surface area contributed by atoms with Gasteiger partial charge in [0.2, 0.25) is 0 Å². The van der Waals surface area contributed by atoms with Crippen molar-refractivity contribution < 1.29 is 4.39 Å². The fourth-order valence-corrected chi connectivity index (χ4v) is 3.48. The minimum atomic E-state index is -0.479. The maximum atomic E-state index is 14.4. The van der Waals surface area contributed by atoms with E-state index in [0.29, 0.717) is 23.1 Å². The Morgan fingerprint density at radius 3 is 2.56 bits per heavy atom. The Morgan fingerprint density at radius 2 is 1.88 bits per heavy atom. The Balaban J connectivity index is 0.000000880. The Kier molecular flexibility index (Phi) is 4.37. The molecule has 6 heteroatoms. The summed E-state index contributed by atoms with van der Waals surface area (Å²) in [6.45, 7) is 8.14. The van der Waals surface area contributed by atoms with E-state index in [4.69, 9.17) is 0 Å². The third-order valence-electron chi connectivity index (χ3n) is 4.57. The normalized spacial score (nSPS) is 12.8. The van der Waals surface area contributed by atoms with Crippen LogP contribution in [0.4, 0.5) is 4.39 Å². The highest BCUT2D eigenvalue weighted by Gasteiger charge is 2.24. The zero-order valence-corrected chi connectivity index (χ0v) is 14.9. The summed E-state index contributed by atoms with van der Waals surface area (Å²) >= 11 is 0. The van der Waals surface area contributed by atoms with Crippen LogP contribution in [0, 0.1) is 19.7 Å². The van der Waals surface area contributed by atoms with Gasteiger partial charge in [-0.15, -0.1) is 0 Å². The number of aromatic nitrogens is 3. The zero-order chi connectivity index (χ0) is 18.3. The summed E-state index contributed by atoms with van der Waals surface area (Å²) in [5, 5.41) is 0. The largest absolute Gasteiger partial charge is 0.331 e. The number of aromatic amines is 1. The van der Waals surface area contributed by atoms with Crippen molar-refractivity contribution >= 4 is 11.0 Å². The lowest BCUT2D eigenvalue weighted by Crippen LogP contribution is -2.23. The Labute approximate surface area is 144 Å². The molecule has 1 aromatic carbocycles. The number of hydrogen-bond donors (Lipinski definition) is 1. The number of H-pyrrole nitrogens is 1. The van der Waals surface area contributed by atoms with Gasteiger partial charge < -0.3 is 9.55 Å². The number of hydrogen-bond acceptors (Lipinski definition) is 2. The molecule has 3 aromatic rings. The molecule has 5 nitrogen and oxygen atoms in total. The number of halogens is 1. The molecule has 2 aromatic heterocycles. The van der Waals surface area contributed by atoms with E-state index in [9.17, 15) is 14.0 Å². The average molecular weight is 343 g/mol. The summed E-state index contributed by atoms with van der Waals surface area (Å²) in [5.74, 6) is -0.479. The van der Waals surface area contributed by atoms with Gasteiger partial charge >= 0.3 is 5.69 Å². The minimum absolute atomic E-state index is 0.106. The van der Waals surface area contributed by atoms with E-state index in [0.717, 1.165) is 24.1 Å². The van der Waals surface area contributed by atoms with Crippen LogP contribution in [0.25, 0.3) is 16.7 Å². The molecule has 0 saturated carbocycles. The number of imidazole rings is 1. The quantitative estimate of drug-likeness (QED) is 0.737. The Bertz CT molecular complexity index is 1070. The molecule has 0 radical (unpaired) electrons. The molecule has 3 heterocycles. The van der Waals surface area contributed by atoms with Gasteiger partial charge in [0.25, 0.3) is 5.56 Å². The number of nitrogens with zero attached hydrogens (tertiary/aromatic N) is 2. The molecule has 0 atom stereocenters. The van der Waals surface area contributed by atoms with Crippen molar-refractivity contribution in [1.82, 2.24) is 14.1 Å². The van der Waals surface area contributed by atoms with Crippen LogP contribution in [-0.4, -0.2) is 14.1 Å². The molecule has 25 heavy (non-hydrogen) atoms. The third kappa shape index (κ3) is 2.52. The molecule has 1 aliphatic heterocycles. The molecule has 0 fully saturated rings. The van der Waals surface area contributed by atoms with Crippen LogP contribution in [0.15, 0.2) is 27.8 Å². The third-order valence-corrected chi connectivity index (χ3v) is 4.57. The van der Waals surface area contributed by atoms with Gasteiger partial charge in [0, 0.05) is 17.8 Å². The molecule has 1 aliphatic rings. The SMILES string of the molecule is CC.Cc1ccc(-n2c(=O)[nH]c3c4n(c(=O)c(C)c32)CCC4)c(F)c1. The molecule has 132 valence electrons. The number of rotatable bonds is 1. The highest BCUT2D eigenvalue weighted by molar-refractivity contribution is 5.83. The monoisotopic (exact) mass is 343 g/mol. The van der Waals surface area contributed by atoms with Crippen LogP contribution in [0.2, 0.25) is 0 Å². The lowest BCUT2D eigenvalue weighted by molar-refractivity contribution is 0.616. The first-order chi connectivity index (χ1) is 12.0. The molecule has 4 rings (SSSR count). The summed E-state index contributed by atoms with van der Waals surface area (Å²) < 4.78 is 17.4. The van der Waals surface area contributed by atoms with Gasteiger partial charge in [-0.3, -0.25) is 9.36 Å². The van der Waals surface area contributed by atoms with E-state index in [1.165, 1.54) is 10.6 Å². The second-order valence-corrected chi connectivity index (χ2v) is 6.08. The van der Waals surface area contributed by atoms with Gasteiger partial charge in [-0.25, -0.2) is 9.18 Å². The predicted molar refractivity (Wildman–Crippen MR) is 97.3 cm³/mol. The van der Waals surface area contributed by atoms with Crippen LogP contribution in [-0.2, 0) is 13.0 Å². The van der Waals surface area contributed by atoms with Crippen molar-refractivity contribution in [3.05, 3.63) is 61.7 Å². The lowest BCUT2D eigenvalue weighted by Gasteiger charge is -2.10. The van der Waals surface area contributed by atoms with Crippen molar-refractivity contribution in [2.75, 3.05) is 0 Å². The molecular weight excluding hydrogens is 321 g/mol. The number of pyridine rings is 1. The number of nitrogens with one attached hydrogen (secondary N) is 1. The first kappa shape index (κ1) is 17.2. The molecule has 0 aliphatic carbocycles. The molecule has 0 unspecified atom stereocenters. The van der Waals surface area contributed by atoms with E-state index in [1.54, 1.807) is 30.5 Å². The standard InChI is InChI=1S/C17H16FN3O2.C2H6/c1-9-5-6-12(11(18)8-9)21-15-10(2)16(22)20-7-3-4-13(20)14(15)19-17(21)23;1-2/h5-6,8H,3-4,7H2,1-2H3,(H,19,23);1-2H3. The Morgan fingerprint density at radius 1 is 1.16 bits per heavy atom. The molecule has 1 N–H and O–H groups in total. The molecule has 0 spiro atoms. The van der Waals surface area contributed by atoms with Gasteiger partial charge in [-0.05, 0) is 44.4 Å². The maximum absolute atomic E-state index is 14.4. The van der Waals surface area contributed by atoms with E-state index in [2.05, 4.69) is 4.98 Å². The smallest absolute Gasteiger partial charge is 0.310 e. The molecule has 0 amide bonds. The summed E-state index contributed by atoms with van der Waals surface area (Å²) in [6.07, 6.45) is 1.61. The van der Waals surface area contributed by atoms with E-state index in [1.807, 2.05) is 13.8 Å². The number of benzene rings is 1. The minimum Gasteiger partial charge on any atom is -0.310 e. The van der Waals surface area contributed by atoms with Crippen molar-refractivity contribution in [1.29, 1.82) is 0 Å². The Hall–Kier alpha value is -2.63. The highest BCUT2D eigenvalue weighted by atomic mass is 19.1. The van der Waals surface area contributed by atoms with Crippen molar-refractivity contribution in [2.45, 2.75) is 47.1 Å². The fourth-order valence-electron chi connectivity index (χ4n) is 3.48. The second kappa shape index (κ2) is 6.35. The fraction of sp³-hybridized carbons (Fsp3) is 0.368. The second-order valence-electron chi connectivity index (χ2n) is 6.08. The van der Waals surface area contributed by atoms with Crippen LogP contribution in [0.5, 0.6) is 0 Å². The zero-order valence-electron chi connectivity index (χ0n) is 14.9. The van der Waals surface area contributed by atoms with Crippen molar-refractivity contribution in [2.24, 2.45) is 0 Å². The summed E-state index contributed by atoms with van der Waals surface area (Å²) in [7, 11) is 0. The summed E-state index contributed by atoms with van der Waals surface area (Å²) in [6, 6.07) is 4.71. The van der Waals surface area contributed by atoms with Crippen LogP contribution >= 0.6 is 0 Å². The van der Waals surface area contributed by atoms with Crippen LogP contribution < -0.4 is 11.2 Å². The van der Waals surface area contributed by atoms with Crippen molar-refractivity contribution in [3.8, 4) is 5.69 Å². The molecule has 0 saturated heterocycles. The van der Waals surface area contributed by atoms with E-state index in [-0.39, 0.29) is 11.2 Å². The predicted octanol–water partition coefficient (Wildman–Crippen LogP) is 3.21. The van der Waals surface area contributed by atoms with Crippen LogP contribution in [0.3, 0.4) is 0 Å². The van der Waals surface area contributed by atoms with E-state index >= 15 is 0 Å². The van der Waals surface area contributed by atoms with Crippen molar-refractivity contribution in [3.63, 3.8) is 0 Å².